The summed E-state index contributed by atoms with van der Waals surface area (Å²) in [5.41, 5.74) is 6.02. The average Bonchev–Trinajstić information content (AvgIpc) is 2.61. The average molecular weight is 376 g/mol. The van der Waals surface area contributed by atoms with Gasteiger partial charge < -0.3 is 20.5 Å². The lowest BCUT2D eigenvalue weighted by atomic mass is 10.2. The van der Waals surface area contributed by atoms with Gasteiger partial charge in [0.05, 0.1) is 13.2 Å². The zero-order valence-electron chi connectivity index (χ0n) is 15.2. The molecule has 0 fully saturated rings. The van der Waals surface area contributed by atoms with Gasteiger partial charge in [0.25, 0.3) is 5.56 Å². The third-order valence-corrected chi connectivity index (χ3v) is 4.08. The van der Waals surface area contributed by atoms with E-state index in [4.69, 9.17) is 15.6 Å². The van der Waals surface area contributed by atoms with Crippen LogP contribution in [0, 0.1) is 0 Å². The van der Waals surface area contributed by atoms with E-state index in [0.717, 1.165) is 5.56 Å². The number of carboxylic acids is 1. The summed E-state index contributed by atoms with van der Waals surface area (Å²) in [6.45, 7) is 1.11. The van der Waals surface area contributed by atoms with E-state index in [1.165, 1.54) is 11.7 Å². The highest BCUT2D eigenvalue weighted by Gasteiger charge is 2.19. The van der Waals surface area contributed by atoms with Crippen LogP contribution in [0.15, 0.2) is 39.9 Å². The molecule has 0 saturated carbocycles. The normalized spacial score (nSPS) is 10.7. The van der Waals surface area contributed by atoms with Gasteiger partial charge in [-0.05, 0) is 12.0 Å². The Balaban J connectivity index is 2.42. The molecule has 2 rings (SSSR count). The maximum atomic E-state index is 12.5. The summed E-state index contributed by atoms with van der Waals surface area (Å²) in [5.74, 6) is -0.881. The summed E-state index contributed by atoms with van der Waals surface area (Å²) in [5, 5.41) is 8.90. The van der Waals surface area contributed by atoms with Crippen LogP contribution in [0.3, 0.4) is 0 Å². The number of nitrogen functional groups attached to an aromatic ring is 1. The lowest BCUT2D eigenvalue weighted by molar-refractivity contribution is -0.137. The van der Waals surface area contributed by atoms with Crippen LogP contribution in [-0.4, -0.2) is 40.9 Å². The smallest absolute Gasteiger partial charge is 0.330 e. The fraction of sp³-hybridized carbons (Fsp3) is 0.389. The first-order chi connectivity index (χ1) is 12.9. The van der Waals surface area contributed by atoms with E-state index >= 15 is 0 Å². The fourth-order valence-electron chi connectivity index (χ4n) is 2.78. The van der Waals surface area contributed by atoms with Crippen molar-refractivity contribution in [1.29, 1.82) is 0 Å². The Kier molecular flexibility index (Phi) is 7.18. The monoisotopic (exact) mass is 376 g/mol. The highest BCUT2D eigenvalue weighted by molar-refractivity contribution is 5.67. The minimum atomic E-state index is -0.915. The number of aromatic amines is 1. The number of nitrogens with one attached hydrogen (secondary N) is 1. The van der Waals surface area contributed by atoms with Crippen LogP contribution in [0.1, 0.15) is 18.4 Å². The Hall–Kier alpha value is -3.07. The Labute approximate surface area is 156 Å². The van der Waals surface area contributed by atoms with Gasteiger partial charge in [-0.25, -0.2) is 4.79 Å². The molecule has 1 aromatic carbocycles. The van der Waals surface area contributed by atoms with Crippen LogP contribution in [0.2, 0.25) is 0 Å². The van der Waals surface area contributed by atoms with Gasteiger partial charge in [0.2, 0.25) is 0 Å². The fourth-order valence-corrected chi connectivity index (χ4v) is 2.78. The maximum Gasteiger partial charge on any atom is 0.330 e. The van der Waals surface area contributed by atoms with Crippen molar-refractivity contribution in [3.63, 3.8) is 0 Å². The first-order valence-corrected chi connectivity index (χ1v) is 8.56. The second kappa shape index (κ2) is 9.58. The number of hydrogen-bond acceptors (Lipinski definition) is 6. The van der Waals surface area contributed by atoms with Gasteiger partial charge in [-0.1, -0.05) is 30.3 Å². The number of carboxylic acid groups (broad SMARTS) is 1. The van der Waals surface area contributed by atoms with Gasteiger partial charge in [-0.2, -0.15) is 0 Å². The number of aromatic nitrogens is 2. The van der Waals surface area contributed by atoms with Crippen molar-refractivity contribution in [2.75, 3.05) is 30.9 Å². The van der Waals surface area contributed by atoms with Crippen LogP contribution in [-0.2, 0) is 22.6 Å². The number of anilines is 2. The summed E-state index contributed by atoms with van der Waals surface area (Å²) in [6.07, 6.45) is 0.296. The first kappa shape index (κ1) is 20.2. The molecule has 0 amide bonds. The van der Waals surface area contributed by atoms with Crippen LogP contribution in [0.5, 0.6) is 0 Å². The predicted molar refractivity (Wildman–Crippen MR) is 102 cm³/mol. The molecular weight excluding hydrogens is 352 g/mol. The zero-order chi connectivity index (χ0) is 19.8. The largest absolute Gasteiger partial charge is 0.481 e. The van der Waals surface area contributed by atoms with Gasteiger partial charge in [-0.3, -0.25) is 19.1 Å². The molecule has 1 aromatic heterocycles. The van der Waals surface area contributed by atoms with E-state index in [1.54, 1.807) is 4.90 Å². The van der Waals surface area contributed by atoms with E-state index in [1.807, 2.05) is 30.3 Å². The van der Waals surface area contributed by atoms with Crippen molar-refractivity contribution in [1.82, 2.24) is 9.55 Å². The Morgan fingerprint density at radius 1 is 1.30 bits per heavy atom. The number of aliphatic carboxylic acids is 1. The lowest BCUT2D eigenvalue weighted by Crippen LogP contribution is -2.39. The van der Waals surface area contributed by atoms with Crippen LogP contribution < -0.4 is 21.9 Å². The van der Waals surface area contributed by atoms with E-state index in [0.29, 0.717) is 19.5 Å². The first-order valence-electron chi connectivity index (χ1n) is 8.56. The van der Waals surface area contributed by atoms with Gasteiger partial charge >= 0.3 is 11.7 Å². The highest BCUT2D eigenvalue weighted by Crippen LogP contribution is 2.20. The van der Waals surface area contributed by atoms with Crippen molar-refractivity contribution in [2.45, 2.75) is 25.9 Å². The second-order valence-electron chi connectivity index (χ2n) is 6.04. The van der Waals surface area contributed by atoms with E-state index < -0.39 is 17.2 Å². The van der Waals surface area contributed by atoms with Crippen molar-refractivity contribution in [2.24, 2.45) is 0 Å². The number of nitrogens with zero attached hydrogens (tertiary/aromatic N) is 2. The molecule has 0 aliphatic rings. The topological polar surface area (TPSA) is 131 Å². The number of ether oxygens (including phenoxy) is 1. The van der Waals surface area contributed by atoms with Gasteiger partial charge in [0.15, 0.2) is 0 Å². The van der Waals surface area contributed by atoms with Gasteiger partial charge in [-0.15, -0.1) is 0 Å². The van der Waals surface area contributed by atoms with E-state index in [9.17, 15) is 14.4 Å². The molecule has 0 bridgehead atoms. The molecule has 146 valence electrons. The minimum Gasteiger partial charge on any atom is -0.481 e. The molecule has 0 spiro atoms. The van der Waals surface area contributed by atoms with Crippen LogP contribution in [0.25, 0.3) is 0 Å². The van der Waals surface area contributed by atoms with E-state index in [2.05, 4.69) is 4.98 Å². The Morgan fingerprint density at radius 2 is 2.00 bits per heavy atom. The molecule has 4 N–H and O–H groups in total. The lowest BCUT2D eigenvalue weighted by Gasteiger charge is -2.26. The number of benzene rings is 1. The second-order valence-corrected chi connectivity index (χ2v) is 6.04. The summed E-state index contributed by atoms with van der Waals surface area (Å²) in [7, 11) is 1.50. The molecule has 0 aliphatic heterocycles. The van der Waals surface area contributed by atoms with Crippen molar-refractivity contribution in [3.8, 4) is 0 Å². The summed E-state index contributed by atoms with van der Waals surface area (Å²) >= 11 is 0. The molecule has 9 heteroatoms. The van der Waals surface area contributed by atoms with Gasteiger partial charge in [0.1, 0.15) is 11.5 Å². The third kappa shape index (κ3) is 5.45. The molecular formula is C18H24N4O5. The molecule has 2 aromatic rings. The number of nitrogens with two attached hydrogens (primary N) is 1. The highest BCUT2D eigenvalue weighted by atomic mass is 16.5. The zero-order valence-corrected chi connectivity index (χ0v) is 15.2. The molecule has 0 radical (unpaired) electrons. The number of hydrogen-bond donors (Lipinski definition) is 3. The number of H-pyrrole nitrogens is 1. The SMILES string of the molecule is COCCn1c(N)c(N(CCCC(=O)O)Cc2ccccc2)c(=O)[nH]c1=O. The molecule has 9 nitrogen and oxygen atoms in total. The quantitative estimate of drug-likeness (QED) is 0.554. The number of rotatable bonds is 10. The van der Waals surface area contributed by atoms with Crippen molar-refractivity contribution >= 4 is 17.5 Å². The molecule has 0 atom stereocenters. The number of carbonyl (C=O) groups is 1. The molecule has 0 aliphatic carbocycles. The molecule has 0 saturated heterocycles. The molecule has 0 unspecified atom stereocenters. The summed E-state index contributed by atoms with van der Waals surface area (Å²) < 4.78 is 6.23. The minimum absolute atomic E-state index is 0.0343. The predicted octanol–water partition coefficient (Wildman–Crippen LogP) is 0.637. The van der Waals surface area contributed by atoms with Crippen LogP contribution in [0.4, 0.5) is 11.5 Å². The standard InChI is InChI=1S/C18H24N4O5/c1-27-11-10-22-16(19)15(17(25)20-18(22)26)21(9-5-8-14(23)24)12-13-6-3-2-4-7-13/h2-4,6-7H,5,8-12,19H2,1H3,(H,23,24)(H,20,25,26). The maximum absolute atomic E-state index is 12.5. The Morgan fingerprint density at radius 3 is 2.63 bits per heavy atom. The Bertz CT molecular complexity index is 876. The van der Waals surface area contributed by atoms with Crippen molar-refractivity contribution in [3.05, 3.63) is 56.7 Å². The molecule has 27 heavy (non-hydrogen) atoms. The number of methoxy groups -OCH3 is 1. The van der Waals surface area contributed by atoms with Gasteiger partial charge in [0, 0.05) is 26.6 Å². The van der Waals surface area contributed by atoms with E-state index in [-0.39, 0.29) is 31.1 Å². The van der Waals surface area contributed by atoms with Crippen molar-refractivity contribution < 1.29 is 14.6 Å². The van der Waals surface area contributed by atoms with Crippen LogP contribution >= 0.6 is 0 Å². The third-order valence-electron chi connectivity index (χ3n) is 4.08. The summed E-state index contributed by atoms with van der Waals surface area (Å²) in [6, 6.07) is 9.42. The summed E-state index contributed by atoms with van der Waals surface area (Å²) in [4.78, 5) is 39.4. The molecule has 1 heterocycles.